The number of aliphatic imine (C=N–C) groups is 5. The van der Waals surface area contributed by atoms with E-state index in [0.717, 1.165) is 44.7 Å². The summed E-state index contributed by atoms with van der Waals surface area (Å²) in [7, 11) is 7.14. The van der Waals surface area contributed by atoms with Crippen LogP contribution in [0.15, 0.2) is 377 Å². The van der Waals surface area contributed by atoms with Gasteiger partial charge in [0.1, 0.15) is 67.6 Å². The summed E-state index contributed by atoms with van der Waals surface area (Å²) >= 11 is 0. The summed E-state index contributed by atoms with van der Waals surface area (Å²) in [6.45, 7) is 36.6. The first kappa shape index (κ1) is 109. The van der Waals surface area contributed by atoms with Crippen molar-refractivity contribution in [2.24, 2.45) is 25.0 Å². The Morgan fingerprint density at radius 1 is 0.248 bits per heavy atom. The van der Waals surface area contributed by atoms with Crippen molar-refractivity contribution >= 4 is 127 Å². The van der Waals surface area contributed by atoms with E-state index >= 15 is 0 Å². The molecule has 15 aromatic carbocycles. The van der Waals surface area contributed by atoms with Gasteiger partial charge in [-0.2, -0.15) is 0 Å². The molecule has 0 aromatic heterocycles. The van der Waals surface area contributed by atoms with Gasteiger partial charge in [-0.05, 0) is 224 Å². The molecule has 18 heteroatoms. The maximum atomic E-state index is 13.7. The lowest BCUT2D eigenvalue weighted by Gasteiger charge is -2.17. The van der Waals surface area contributed by atoms with Gasteiger partial charge in [0.05, 0.1) is 36.4 Å². The quantitative estimate of drug-likeness (QED) is 0.0303. The highest BCUT2D eigenvalue weighted by Gasteiger charge is 2.21. The van der Waals surface area contributed by atoms with Crippen molar-refractivity contribution in [1.82, 2.24) is 0 Å². The highest BCUT2D eigenvalue weighted by Crippen LogP contribution is 2.37. The second-order valence-corrected chi connectivity index (χ2v) is 44.4. The van der Waals surface area contributed by atoms with Crippen LogP contribution in [-0.2, 0) is 33.0 Å². The minimum Gasteiger partial charge on any atom is -0.497 e. The largest absolute Gasteiger partial charge is 0.497 e. The lowest BCUT2D eigenvalue weighted by atomic mass is 10.1. The SMILES string of the molecule is CC(C)(C)N=Cc1ccccc1Pc1ccccc1OCc1ccccc1.CN=Cc1cc(F)ccc1Pc1cc(OC)cc(OC)c1OCc1ccccc1.Cc1cc(C)c(OCc2ccccc2)c(Pc2ccccc2C=NC(C)(C)C)c1.Cc1ccc(OCc2ccccc2)c(Pc2ccccc2C=NC(C)(C)C)c1.Cc1cccc(Pc2ccccc2C=NC(C)(C)C)c1OCc1ccccc1. The number of aryl methyl sites for hydroxylation is 4. The van der Waals surface area contributed by atoms with Gasteiger partial charge in [-0.25, -0.2) is 4.39 Å². The molecule has 726 valence electrons. The molecule has 12 nitrogen and oxygen atoms in total. The molecule has 141 heavy (non-hydrogen) atoms. The standard InChI is InChI=1S/C26H30NOP.2C25H28NOP.C24H26NOP.C23H23FNO3P/c1-19-15-20(2)25(28-18-21-11-7-6-8-12-21)24(16-19)29-23-14-10-9-13-22(23)17-27-26(3,4)5;1-19-11-10-16-23(24(19)27-18-20-12-6-5-7-13-20)28-22-15-9-8-14-21(22)17-26-25(2,3)4;1-19-14-15-22(27-18-20-10-6-5-7-11-20)24(16-19)28-23-13-9-8-12-21(23)17-26-25(2,3)4;1-24(2,3)25-17-20-13-7-9-15-22(20)27-23-16-10-8-14-21(23)26-18-19-11-5-4-6-12-19;1-25-14-17-11-18(24)9-10-21(17)29-22-13-19(26-2)12-20(27-3)23(22)28-15-16-7-5-4-6-8-16/h6-17,29H,18H2,1-5H3;2*5-17,28H,18H2,1-4H3;4-17,27H,18H2,1-3H3;4-14,29H,15H2,1-3H3. The molecule has 0 aliphatic carbocycles. The van der Waals surface area contributed by atoms with Gasteiger partial charge in [-0.1, -0.05) is 352 Å². The van der Waals surface area contributed by atoms with E-state index in [0.29, 0.717) is 84.6 Å². The van der Waals surface area contributed by atoms with Crippen molar-refractivity contribution in [3.05, 3.63) is 436 Å². The zero-order valence-corrected chi connectivity index (χ0v) is 89.9. The van der Waals surface area contributed by atoms with Crippen LogP contribution in [0.1, 0.15) is 161 Å². The van der Waals surface area contributed by atoms with Crippen LogP contribution in [0.3, 0.4) is 0 Å². The molecule has 0 N–H and O–H groups in total. The molecule has 5 unspecified atom stereocenters. The summed E-state index contributed by atoms with van der Waals surface area (Å²) in [4.78, 5) is 22.8. The molecule has 15 rings (SSSR count). The van der Waals surface area contributed by atoms with Crippen LogP contribution in [0.2, 0.25) is 0 Å². The molecule has 0 saturated carbocycles. The zero-order chi connectivity index (χ0) is 101. The fraction of sp³-hybridized carbons (Fsp3) is 0.228. The van der Waals surface area contributed by atoms with Crippen LogP contribution in [0.25, 0.3) is 0 Å². The van der Waals surface area contributed by atoms with Crippen LogP contribution in [0.4, 0.5) is 4.39 Å². The maximum Gasteiger partial charge on any atom is 0.169 e. The third-order valence-corrected chi connectivity index (χ3v) is 28.0. The summed E-state index contributed by atoms with van der Waals surface area (Å²) in [6, 6.07) is 119. The van der Waals surface area contributed by atoms with E-state index in [4.69, 9.17) is 48.1 Å². The Kier molecular flexibility index (Phi) is 42.4. The van der Waals surface area contributed by atoms with E-state index < -0.39 is 0 Å². The predicted molar refractivity (Wildman–Crippen MR) is 611 cm³/mol. The molecule has 0 aliphatic heterocycles. The van der Waals surface area contributed by atoms with Crippen LogP contribution >= 0.6 is 42.9 Å². The topological polar surface area (TPSA) is 126 Å². The predicted octanol–water partition coefficient (Wildman–Crippen LogP) is 25.8. The first-order chi connectivity index (χ1) is 67.8. The van der Waals surface area contributed by atoms with Gasteiger partial charge in [0.15, 0.2) is 11.5 Å². The number of para-hydroxylation sites is 2. The molecule has 0 bridgehead atoms. The van der Waals surface area contributed by atoms with Crippen molar-refractivity contribution in [3.63, 3.8) is 0 Å². The van der Waals surface area contributed by atoms with Gasteiger partial charge in [-0.15, -0.1) is 0 Å². The smallest absolute Gasteiger partial charge is 0.169 e. The van der Waals surface area contributed by atoms with Gasteiger partial charge >= 0.3 is 0 Å². The van der Waals surface area contributed by atoms with Crippen molar-refractivity contribution < 1.29 is 37.5 Å². The third-order valence-electron chi connectivity index (χ3n) is 21.1. The number of halogens is 1. The molecule has 5 atom stereocenters. The molecule has 0 fully saturated rings. The third kappa shape index (κ3) is 37.7. The van der Waals surface area contributed by atoms with Gasteiger partial charge in [0.25, 0.3) is 0 Å². The van der Waals surface area contributed by atoms with Crippen LogP contribution in [0.5, 0.6) is 40.2 Å². The van der Waals surface area contributed by atoms with E-state index in [2.05, 4.69) is 333 Å². The number of benzene rings is 15. The Labute approximate surface area is 846 Å². The minimum absolute atomic E-state index is 0.0765. The van der Waals surface area contributed by atoms with E-state index in [1.807, 2.05) is 140 Å². The fourth-order valence-corrected chi connectivity index (χ4v) is 20.6. The normalized spacial score (nSPS) is 12.0. The monoisotopic (exact) mass is 1970 g/mol. The minimum atomic E-state index is -0.294. The fourth-order valence-electron chi connectivity index (χ4n) is 14.1. The summed E-state index contributed by atoms with van der Waals surface area (Å²) in [6.07, 6.45) is 9.67. The Hall–Kier alpha value is -12.7. The van der Waals surface area contributed by atoms with E-state index in [-0.39, 0.29) is 36.6 Å². The van der Waals surface area contributed by atoms with E-state index in [1.165, 1.54) is 121 Å². The Balaban J connectivity index is 0.000000168. The van der Waals surface area contributed by atoms with Gasteiger partial charge in [0, 0.05) is 98.5 Å². The summed E-state index contributed by atoms with van der Waals surface area (Å²) in [5.41, 5.74) is 15.7. The van der Waals surface area contributed by atoms with Crippen LogP contribution < -0.4 is 86.2 Å². The number of ether oxygens (including phenoxy) is 7. The molecule has 0 aliphatic rings. The number of rotatable bonds is 32. The summed E-state index contributed by atoms with van der Waals surface area (Å²) in [5.74, 6) is 5.52. The number of nitrogens with zero attached hydrogens (tertiary/aromatic N) is 5. The lowest BCUT2D eigenvalue weighted by molar-refractivity contribution is 0.286. The molecule has 0 heterocycles. The van der Waals surface area contributed by atoms with Gasteiger partial charge in [-0.3, -0.25) is 25.0 Å². The second-order valence-electron chi connectivity index (χ2n) is 37.8. The highest BCUT2D eigenvalue weighted by molar-refractivity contribution is 7.57. The maximum absolute atomic E-state index is 13.7. The molecule has 0 spiro atoms. The van der Waals surface area contributed by atoms with Crippen LogP contribution in [-0.4, -0.2) is 74.5 Å². The first-order valence-corrected chi connectivity index (χ1v) is 52.4. The molecule has 15 aromatic rings. The van der Waals surface area contributed by atoms with Crippen molar-refractivity contribution in [2.75, 3.05) is 21.3 Å². The van der Waals surface area contributed by atoms with Crippen LogP contribution in [0, 0.1) is 33.5 Å². The highest BCUT2D eigenvalue weighted by atomic mass is 31.1. The Morgan fingerprint density at radius 3 is 0.979 bits per heavy atom. The summed E-state index contributed by atoms with van der Waals surface area (Å²) < 4.78 is 55.7. The lowest BCUT2D eigenvalue weighted by Crippen LogP contribution is -2.15. The molecule has 0 saturated heterocycles. The molecular formula is C123H135FN5O7P5. The van der Waals surface area contributed by atoms with Crippen molar-refractivity contribution in [1.29, 1.82) is 0 Å². The van der Waals surface area contributed by atoms with Crippen molar-refractivity contribution in [2.45, 2.75) is 166 Å². The molecule has 0 radical (unpaired) electrons. The average molecular weight is 1970 g/mol. The Morgan fingerprint density at radius 2 is 0.574 bits per heavy atom. The second kappa shape index (κ2) is 54.9. The van der Waals surface area contributed by atoms with Crippen molar-refractivity contribution in [3.8, 4) is 40.2 Å². The Bertz CT molecular complexity index is 6550. The number of hydrogen-bond acceptors (Lipinski definition) is 12. The number of methoxy groups -OCH3 is 2. The van der Waals surface area contributed by atoms with Gasteiger partial charge in [0.2, 0.25) is 0 Å². The average Bonchev–Trinajstić information content (AvgIpc) is 0.817. The number of hydrogen-bond donors (Lipinski definition) is 0. The van der Waals surface area contributed by atoms with E-state index in [1.54, 1.807) is 39.6 Å². The van der Waals surface area contributed by atoms with Gasteiger partial charge < -0.3 is 33.2 Å². The van der Waals surface area contributed by atoms with E-state index in [9.17, 15) is 4.39 Å². The molecular weight excluding hydrogens is 1830 g/mol. The first-order valence-electron chi connectivity index (χ1n) is 47.4. The molecule has 0 amide bonds. The summed E-state index contributed by atoms with van der Waals surface area (Å²) in [5, 5.41) is 11.9. The zero-order valence-electron chi connectivity index (χ0n) is 84.9.